The Morgan fingerprint density at radius 2 is 1.84 bits per heavy atom. The molecule has 1 atom stereocenters. The van der Waals surface area contributed by atoms with E-state index >= 15 is 0 Å². The van der Waals surface area contributed by atoms with E-state index in [9.17, 15) is 32.9 Å². The van der Waals surface area contributed by atoms with Crippen LogP contribution in [-0.4, -0.2) is 23.8 Å². The van der Waals surface area contributed by atoms with E-state index in [4.69, 9.17) is 10.5 Å². The number of carbonyl (C=O) groups is 2. The Bertz CT molecular complexity index is 1380. The number of Topliss-reactive ketones (excluding diaryl/α,β-unsaturated/α-hetero) is 1. The number of ether oxygens (including phenoxy) is 1. The van der Waals surface area contributed by atoms with E-state index < -0.39 is 39.7 Å². The topological polar surface area (TPSA) is 116 Å². The van der Waals surface area contributed by atoms with E-state index in [1.807, 2.05) is 0 Å². The van der Waals surface area contributed by atoms with E-state index in [0.717, 1.165) is 18.1 Å². The minimum atomic E-state index is -4.76. The van der Waals surface area contributed by atoms with Crippen molar-refractivity contribution >= 4 is 23.1 Å². The van der Waals surface area contributed by atoms with E-state index in [1.165, 1.54) is 42.5 Å². The first-order chi connectivity index (χ1) is 17.3. The van der Waals surface area contributed by atoms with Crippen molar-refractivity contribution in [2.24, 2.45) is 11.1 Å². The van der Waals surface area contributed by atoms with Gasteiger partial charge in [-0.05, 0) is 29.5 Å². The Labute approximate surface area is 210 Å². The predicted octanol–water partition coefficient (Wildman–Crippen LogP) is 5.20. The third-order valence-corrected chi connectivity index (χ3v) is 6.53. The Morgan fingerprint density at radius 1 is 1.16 bits per heavy atom. The van der Waals surface area contributed by atoms with E-state index in [-0.39, 0.29) is 52.4 Å². The average molecular weight is 515 g/mol. The first-order valence-corrected chi connectivity index (χ1v) is 11.3. The number of esters is 1. The van der Waals surface area contributed by atoms with Crippen molar-refractivity contribution in [3.8, 4) is 0 Å². The fourth-order valence-electron chi connectivity index (χ4n) is 5.05. The molecule has 0 aromatic heterocycles. The summed E-state index contributed by atoms with van der Waals surface area (Å²) < 4.78 is 47.1. The molecule has 0 fully saturated rings. The molecule has 4 rings (SSSR count). The lowest BCUT2D eigenvalue weighted by molar-refractivity contribution is -0.384. The van der Waals surface area contributed by atoms with Crippen LogP contribution >= 0.6 is 0 Å². The number of anilines is 1. The average Bonchev–Trinajstić information content (AvgIpc) is 2.81. The van der Waals surface area contributed by atoms with Crippen molar-refractivity contribution < 1.29 is 32.4 Å². The van der Waals surface area contributed by atoms with Gasteiger partial charge < -0.3 is 10.5 Å². The molecule has 2 aromatic rings. The largest absolute Gasteiger partial charge is 0.466 e. The molecule has 0 saturated heterocycles. The summed E-state index contributed by atoms with van der Waals surface area (Å²) in [7, 11) is 1.08. The third kappa shape index (κ3) is 4.56. The standard InChI is InChI=1S/C26H24F3N3O5/c1-25(2)12-18-21(19(33)13-25)20(14-7-6-8-15(11-14)32(35)36)22(24(34)37-3)23(30)31(18)17-10-5-4-9-16(17)26(27,28)29/h4-11,20H,12-13,30H2,1-3H3. The second-order valence-corrected chi connectivity index (χ2v) is 9.73. The highest BCUT2D eigenvalue weighted by Crippen LogP contribution is 2.52. The number of alkyl halides is 3. The number of nitro groups is 1. The number of ketones is 1. The van der Waals surface area contributed by atoms with E-state index in [0.29, 0.717) is 0 Å². The highest BCUT2D eigenvalue weighted by atomic mass is 19.4. The zero-order valence-electron chi connectivity index (χ0n) is 20.3. The molecule has 0 radical (unpaired) electrons. The zero-order valence-corrected chi connectivity index (χ0v) is 20.3. The lowest BCUT2D eigenvalue weighted by Crippen LogP contribution is -2.44. The monoisotopic (exact) mass is 515 g/mol. The van der Waals surface area contributed by atoms with Gasteiger partial charge in [0.05, 0.1) is 34.8 Å². The highest BCUT2D eigenvalue weighted by Gasteiger charge is 2.48. The van der Waals surface area contributed by atoms with Crippen molar-refractivity contribution in [3.63, 3.8) is 0 Å². The normalized spacial score (nSPS) is 19.6. The molecule has 37 heavy (non-hydrogen) atoms. The van der Waals surface area contributed by atoms with E-state index in [2.05, 4.69) is 0 Å². The molecule has 0 bridgehead atoms. The fraction of sp³-hybridized carbons (Fsp3) is 0.308. The van der Waals surface area contributed by atoms with Gasteiger partial charge in [0.15, 0.2) is 5.78 Å². The van der Waals surface area contributed by atoms with Gasteiger partial charge in [0.1, 0.15) is 5.82 Å². The number of para-hydroxylation sites is 1. The first-order valence-electron chi connectivity index (χ1n) is 11.3. The molecule has 0 amide bonds. The van der Waals surface area contributed by atoms with Crippen molar-refractivity contribution in [2.75, 3.05) is 12.0 Å². The number of nitro benzene ring substituents is 1. The smallest absolute Gasteiger partial charge is 0.418 e. The van der Waals surface area contributed by atoms with Gasteiger partial charge in [0.25, 0.3) is 5.69 Å². The first kappa shape index (κ1) is 25.9. The van der Waals surface area contributed by atoms with Crippen LogP contribution in [0, 0.1) is 15.5 Å². The molecule has 194 valence electrons. The molecule has 2 aliphatic rings. The molecule has 2 N–H and O–H groups in total. The Balaban J connectivity index is 2.09. The van der Waals surface area contributed by atoms with Crippen LogP contribution in [-0.2, 0) is 20.5 Å². The van der Waals surface area contributed by atoms with Crippen LogP contribution in [0.3, 0.4) is 0 Å². The van der Waals surface area contributed by atoms with Gasteiger partial charge in [-0.2, -0.15) is 13.2 Å². The van der Waals surface area contributed by atoms with Gasteiger partial charge in [-0.1, -0.05) is 38.1 Å². The van der Waals surface area contributed by atoms with Crippen LogP contribution in [0.1, 0.15) is 43.7 Å². The SMILES string of the molecule is COC(=O)C1=C(N)N(c2ccccc2C(F)(F)F)C2=C(C(=O)CC(C)(C)C2)C1c1cccc([N+](=O)[O-])c1. The summed E-state index contributed by atoms with van der Waals surface area (Å²) in [6, 6.07) is 10.1. The summed E-state index contributed by atoms with van der Waals surface area (Å²) in [5, 5.41) is 11.5. The summed E-state index contributed by atoms with van der Waals surface area (Å²) in [5.74, 6) is -2.87. The zero-order chi connectivity index (χ0) is 27.3. The van der Waals surface area contributed by atoms with Crippen molar-refractivity contribution in [1.29, 1.82) is 0 Å². The number of non-ortho nitro benzene ring substituents is 1. The number of carbonyl (C=O) groups excluding carboxylic acids is 2. The van der Waals surface area contributed by atoms with Gasteiger partial charge in [-0.15, -0.1) is 0 Å². The molecular weight excluding hydrogens is 491 g/mol. The maximum Gasteiger partial charge on any atom is 0.418 e. The van der Waals surface area contributed by atoms with Crippen LogP contribution in [0.5, 0.6) is 0 Å². The summed E-state index contributed by atoms with van der Waals surface area (Å²) in [6.07, 6.45) is -4.53. The number of benzene rings is 2. The molecule has 11 heteroatoms. The molecule has 1 heterocycles. The summed E-state index contributed by atoms with van der Waals surface area (Å²) >= 11 is 0. The number of nitrogens with two attached hydrogens (primary N) is 1. The van der Waals surface area contributed by atoms with Crippen LogP contribution in [0.4, 0.5) is 24.5 Å². The van der Waals surface area contributed by atoms with Crippen molar-refractivity contribution in [3.05, 3.63) is 92.4 Å². The lowest BCUT2D eigenvalue weighted by atomic mass is 9.68. The number of allylic oxidation sites excluding steroid dienone is 2. The van der Waals surface area contributed by atoms with Crippen molar-refractivity contribution in [1.82, 2.24) is 0 Å². The Morgan fingerprint density at radius 3 is 2.46 bits per heavy atom. The quantitative estimate of drug-likeness (QED) is 0.338. The lowest BCUT2D eigenvalue weighted by Gasteiger charge is -2.44. The number of hydrogen-bond acceptors (Lipinski definition) is 7. The van der Waals surface area contributed by atoms with Gasteiger partial charge in [-0.25, -0.2) is 4.79 Å². The summed E-state index contributed by atoms with van der Waals surface area (Å²) in [6.45, 7) is 3.61. The Hall–Kier alpha value is -4.15. The van der Waals surface area contributed by atoms with Crippen LogP contribution in [0.15, 0.2) is 71.2 Å². The predicted molar refractivity (Wildman–Crippen MR) is 128 cm³/mol. The van der Waals surface area contributed by atoms with Gasteiger partial charge in [0.2, 0.25) is 0 Å². The molecular formula is C26H24F3N3O5. The third-order valence-electron chi connectivity index (χ3n) is 6.53. The minimum absolute atomic E-state index is 0.0559. The summed E-state index contributed by atoms with van der Waals surface area (Å²) in [4.78, 5) is 38.6. The molecule has 1 unspecified atom stereocenters. The van der Waals surface area contributed by atoms with Crippen molar-refractivity contribution in [2.45, 2.75) is 38.8 Å². The number of rotatable bonds is 4. The molecule has 2 aromatic carbocycles. The minimum Gasteiger partial charge on any atom is -0.466 e. The molecule has 1 aliphatic heterocycles. The van der Waals surface area contributed by atoms with Crippen LogP contribution in [0.25, 0.3) is 0 Å². The maximum absolute atomic E-state index is 14.0. The van der Waals surface area contributed by atoms with Gasteiger partial charge >= 0.3 is 12.1 Å². The number of nitrogens with zero attached hydrogens (tertiary/aromatic N) is 2. The Kier molecular flexibility index (Phi) is 6.35. The number of methoxy groups -OCH3 is 1. The number of hydrogen-bond donors (Lipinski definition) is 1. The molecule has 1 aliphatic carbocycles. The molecule has 8 nitrogen and oxygen atoms in total. The highest BCUT2D eigenvalue weighted by molar-refractivity contribution is 6.05. The second kappa shape index (κ2) is 9.06. The van der Waals surface area contributed by atoms with Crippen LogP contribution < -0.4 is 10.6 Å². The van der Waals surface area contributed by atoms with Crippen LogP contribution in [0.2, 0.25) is 0 Å². The summed E-state index contributed by atoms with van der Waals surface area (Å²) in [5.41, 5.74) is 4.44. The fourth-order valence-corrected chi connectivity index (χ4v) is 5.05. The van der Waals surface area contributed by atoms with Gasteiger partial charge in [-0.3, -0.25) is 19.8 Å². The van der Waals surface area contributed by atoms with E-state index in [1.54, 1.807) is 13.8 Å². The van der Waals surface area contributed by atoms with Gasteiger partial charge in [0, 0.05) is 29.8 Å². The maximum atomic E-state index is 14.0. The molecule has 0 spiro atoms. The number of halogens is 3. The molecule has 0 saturated carbocycles. The second-order valence-electron chi connectivity index (χ2n) is 9.73.